The Balaban J connectivity index is 1.71. The molecule has 1 unspecified atom stereocenters. The summed E-state index contributed by atoms with van der Waals surface area (Å²) in [5, 5.41) is 3.21. The lowest BCUT2D eigenvalue weighted by Crippen LogP contribution is -2.60. The summed E-state index contributed by atoms with van der Waals surface area (Å²) < 4.78 is 5.15. The van der Waals surface area contributed by atoms with E-state index in [1.807, 2.05) is 31.2 Å². The number of amides is 2. The van der Waals surface area contributed by atoms with Gasteiger partial charge < -0.3 is 19.9 Å². The number of hydrogen-bond donors (Lipinski definition) is 1. The van der Waals surface area contributed by atoms with Crippen LogP contribution in [0.1, 0.15) is 19.8 Å². The van der Waals surface area contributed by atoms with Crippen LogP contribution in [-0.4, -0.2) is 55.5 Å². The van der Waals surface area contributed by atoms with E-state index in [1.54, 1.807) is 16.9 Å². The van der Waals surface area contributed by atoms with Crippen LogP contribution >= 0.6 is 0 Å². The van der Waals surface area contributed by atoms with Crippen LogP contribution in [-0.2, 0) is 9.59 Å². The zero-order valence-corrected chi connectivity index (χ0v) is 13.6. The summed E-state index contributed by atoms with van der Waals surface area (Å²) >= 11 is 0. The van der Waals surface area contributed by atoms with Gasteiger partial charge in [0.15, 0.2) is 0 Å². The quantitative estimate of drug-likeness (QED) is 0.904. The molecule has 0 saturated carbocycles. The van der Waals surface area contributed by atoms with Crippen LogP contribution in [0.3, 0.4) is 0 Å². The first-order valence-electron chi connectivity index (χ1n) is 8.11. The number of nitrogens with one attached hydrogen (secondary N) is 1. The minimum atomic E-state index is -0.430. The van der Waals surface area contributed by atoms with Crippen molar-refractivity contribution in [3.8, 4) is 5.75 Å². The number of nitrogens with zero attached hydrogens (tertiary/aromatic N) is 2. The van der Waals surface area contributed by atoms with E-state index >= 15 is 0 Å². The lowest BCUT2D eigenvalue weighted by Gasteiger charge is -2.40. The molecule has 3 rings (SSSR count). The molecular weight excluding hydrogens is 294 g/mol. The molecule has 1 aromatic rings. The Hall–Kier alpha value is -2.08. The van der Waals surface area contributed by atoms with Gasteiger partial charge >= 0.3 is 0 Å². The zero-order valence-electron chi connectivity index (χ0n) is 13.6. The van der Waals surface area contributed by atoms with Crippen LogP contribution in [0.2, 0.25) is 0 Å². The van der Waals surface area contributed by atoms with Gasteiger partial charge in [-0.3, -0.25) is 9.59 Å². The predicted octanol–water partition coefficient (Wildman–Crippen LogP) is 1.01. The molecule has 1 aromatic carbocycles. The third-order valence-corrected chi connectivity index (χ3v) is 4.68. The highest BCUT2D eigenvalue weighted by Gasteiger charge is 2.38. The fourth-order valence-corrected chi connectivity index (χ4v) is 3.29. The molecule has 2 aliphatic rings. The van der Waals surface area contributed by atoms with Crippen LogP contribution in [0.5, 0.6) is 5.75 Å². The topological polar surface area (TPSA) is 61.9 Å². The van der Waals surface area contributed by atoms with Gasteiger partial charge in [-0.15, -0.1) is 0 Å². The number of piperazine rings is 1. The highest BCUT2D eigenvalue weighted by Crippen LogP contribution is 2.24. The second-order valence-electron chi connectivity index (χ2n) is 6.04. The molecular formula is C17H23N3O3. The highest BCUT2D eigenvalue weighted by molar-refractivity contribution is 6.00. The van der Waals surface area contributed by atoms with Gasteiger partial charge in [0.1, 0.15) is 11.8 Å². The van der Waals surface area contributed by atoms with Gasteiger partial charge in [0.25, 0.3) is 0 Å². The predicted molar refractivity (Wildman–Crippen MR) is 87.5 cm³/mol. The van der Waals surface area contributed by atoms with E-state index in [1.165, 1.54) is 0 Å². The van der Waals surface area contributed by atoms with Crippen LogP contribution in [0.4, 0.5) is 5.69 Å². The van der Waals surface area contributed by atoms with Crippen molar-refractivity contribution < 1.29 is 14.3 Å². The molecule has 1 N–H and O–H groups in total. The summed E-state index contributed by atoms with van der Waals surface area (Å²) in [6, 6.07) is 6.87. The van der Waals surface area contributed by atoms with Gasteiger partial charge in [0.05, 0.1) is 13.2 Å². The lowest BCUT2D eigenvalue weighted by atomic mass is 10.1. The average molecular weight is 317 g/mol. The first-order chi connectivity index (χ1) is 11.1. The monoisotopic (exact) mass is 317 g/mol. The molecule has 0 radical (unpaired) electrons. The van der Waals surface area contributed by atoms with Crippen molar-refractivity contribution in [3.05, 3.63) is 24.3 Å². The summed E-state index contributed by atoms with van der Waals surface area (Å²) in [5.41, 5.74) is 0.841. The van der Waals surface area contributed by atoms with E-state index in [0.717, 1.165) is 30.8 Å². The van der Waals surface area contributed by atoms with E-state index in [0.29, 0.717) is 13.1 Å². The second kappa shape index (κ2) is 6.58. The Morgan fingerprint density at radius 3 is 2.61 bits per heavy atom. The summed E-state index contributed by atoms with van der Waals surface area (Å²) in [6.07, 6.45) is 1.88. The molecule has 2 fully saturated rings. The normalized spacial score (nSPS) is 24.9. The van der Waals surface area contributed by atoms with Crippen molar-refractivity contribution in [3.63, 3.8) is 0 Å². The third-order valence-electron chi connectivity index (χ3n) is 4.68. The number of hydrogen-bond acceptors (Lipinski definition) is 4. The number of carbonyl (C=O) groups excluding carboxylic acids is 2. The molecule has 0 bridgehead atoms. The Morgan fingerprint density at radius 1 is 1.26 bits per heavy atom. The first-order valence-corrected chi connectivity index (χ1v) is 8.11. The molecule has 0 aromatic heterocycles. The molecule has 0 aliphatic carbocycles. The first kappa shape index (κ1) is 15.8. The molecule has 0 spiro atoms. The van der Waals surface area contributed by atoms with Crippen molar-refractivity contribution in [2.45, 2.75) is 31.8 Å². The summed E-state index contributed by atoms with van der Waals surface area (Å²) in [5.74, 6) is 0.779. The van der Waals surface area contributed by atoms with E-state index < -0.39 is 6.04 Å². The van der Waals surface area contributed by atoms with E-state index in [-0.39, 0.29) is 17.9 Å². The fourth-order valence-electron chi connectivity index (χ4n) is 3.29. The van der Waals surface area contributed by atoms with Gasteiger partial charge in [0, 0.05) is 18.8 Å². The zero-order chi connectivity index (χ0) is 16.4. The molecule has 6 nitrogen and oxygen atoms in total. The molecule has 2 atom stereocenters. The van der Waals surface area contributed by atoms with Crippen LogP contribution in [0.25, 0.3) is 0 Å². The maximum absolute atomic E-state index is 12.7. The minimum absolute atomic E-state index is 0.0345. The van der Waals surface area contributed by atoms with Gasteiger partial charge in [-0.05, 0) is 50.6 Å². The summed E-state index contributed by atoms with van der Waals surface area (Å²) in [4.78, 5) is 28.7. The largest absolute Gasteiger partial charge is 0.497 e. The number of ether oxygens (including phenoxy) is 1. The molecule has 2 amide bonds. The molecule has 23 heavy (non-hydrogen) atoms. The number of rotatable bonds is 3. The summed E-state index contributed by atoms with van der Waals surface area (Å²) in [6.45, 7) is 3.78. The molecule has 2 aliphatic heterocycles. The van der Waals surface area contributed by atoms with Gasteiger partial charge in [-0.25, -0.2) is 0 Å². The minimum Gasteiger partial charge on any atom is -0.497 e. The van der Waals surface area contributed by atoms with Gasteiger partial charge in [-0.2, -0.15) is 0 Å². The standard InChI is InChI=1S/C17H23N3O3/c1-12-16(21)20(13-5-7-14(23-2)8-6-13)11-10-19(12)17(22)15-4-3-9-18-15/h5-8,12,15,18H,3-4,9-11H2,1-2H3/t12?,15-/m0/s1. The van der Waals surface area contributed by atoms with E-state index in [9.17, 15) is 9.59 Å². The molecule has 6 heteroatoms. The Kier molecular flexibility index (Phi) is 4.52. The molecule has 2 heterocycles. The number of anilines is 1. The third kappa shape index (κ3) is 3.03. The fraction of sp³-hybridized carbons (Fsp3) is 0.529. The van der Waals surface area contributed by atoms with Crippen LogP contribution in [0, 0.1) is 0 Å². The molecule has 2 saturated heterocycles. The Morgan fingerprint density at radius 2 is 2.00 bits per heavy atom. The van der Waals surface area contributed by atoms with Gasteiger partial charge in [-0.1, -0.05) is 0 Å². The van der Waals surface area contributed by atoms with Crippen LogP contribution in [0.15, 0.2) is 24.3 Å². The van der Waals surface area contributed by atoms with Crippen molar-refractivity contribution in [2.24, 2.45) is 0 Å². The lowest BCUT2D eigenvalue weighted by molar-refractivity contribution is -0.142. The SMILES string of the molecule is COc1ccc(N2CCN(C(=O)[C@@H]3CCCN3)C(C)C2=O)cc1. The number of methoxy groups -OCH3 is 1. The second-order valence-corrected chi connectivity index (χ2v) is 6.04. The van der Waals surface area contributed by atoms with Crippen molar-refractivity contribution in [1.29, 1.82) is 0 Å². The maximum Gasteiger partial charge on any atom is 0.249 e. The van der Waals surface area contributed by atoms with E-state index in [2.05, 4.69) is 5.32 Å². The van der Waals surface area contributed by atoms with Crippen molar-refractivity contribution >= 4 is 17.5 Å². The van der Waals surface area contributed by atoms with Crippen molar-refractivity contribution in [1.82, 2.24) is 10.2 Å². The smallest absolute Gasteiger partial charge is 0.249 e. The number of benzene rings is 1. The highest BCUT2D eigenvalue weighted by atomic mass is 16.5. The molecule has 124 valence electrons. The van der Waals surface area contributed by atoms with E-state index in [4.69, 9.17) is 4.74 Å². The maximum atomic E-state index is 12.7. The van der Waals surface area contributed by atoms with Crippen LogP contribution < -0.4 is 15.0 Å². The summed E-state index contributed by atoms with van der Waals surface area (Å²) in [7, 11) is 1.61. The Labute approximate surface area is 136 Å². The average Bonchev–Trinajstić information content (AvgIpc) is 3.11. The van der Waals surface area contributed by atoms with Gasteiger partial charge in [0.2, 0.25) is 11.8 Å². The number of carbonyl (C=O) groups is 2. The Bertz CT molecular complexity index is 581. The van der Waals surface area contributed by atoms with Crippen molar-refractivity contribution in [2.75, 3.05) is 31.6 Å².